The van der Waals surface area contributed by atoms with E-state index in [2.05, 4.69) is 20.0 Å². The van der Waals surface area contributed by atoms with Gasteiger partial charge >= 0.3 is 5.97 Å². The fourth-order valence-corrected chi connectivity index (χ4v) is 7.13. The lowest BCUT2D eigenvalue weighted by Gasteiger charge is -2.28. The second-order valence-corrected chi connectivity index (χ2v) is 15.4. The van der Waals surface area contributed by atoms with Crippen molar-refractivity contribution < 1.29 is 37.6 Å². The van der Waals surface area contributed by atoms with Gasteiger partial charge in [-0.05, 0) is 32.6 Å². The van der Waals surface area contributed by atoms with E-state index in [9.17, 15) is 14.7 Å². The third-order valence-electron chi connectivity index (χ3n) is 5.68. The standard InChI is InChI=1S/C23H35ClFN6O7PS2/c1-12(2)37-19(33)13(3)30-39(40,35-7-8-41-21(34)22(4,5)6)36-9-14-16(32)23(24,25)20(38-14)31-11-29-15-17(26)27-10-28-18(15)31/h10-14,16,20,32H,7-9H2,1-6H3,(H,30,40)(H2,26,27,28)/t13-,14+,16+,20+,23+,39-/m0/s1. The highest BCUT2D eigenvalue weighted by molar-refractivity contribution is 8.13. The Labute approximate surface area is 251 Å². The molecule has 13 nitrogen and oxygen atoms in total. The number of carbonyl (C=O) groups is 2. The summed E-state index contributed by atoms with van der Waals surface area (Å²) in [5, 5.41) is 10.7. The van der Waals surface area contributed by atoms with Crippen molar-refractivity contribution in [2.24, 2.45) is 5.41 Å². The minimum absolute atomic E-state index is 0.00409. The minimum Gasteiger partial charge on any atom is -0.462 e. The number of alkyl halides is 2. The lowest BCUT2D eigenvalue weighted by Crippen LogP contribution is -2.39. The highest BCUT2D eigenvalue weighted by Crippen LogP contribution is 2.49. The summed E-state index contributed by atoms with van der Waals surface area (Å²) in [6, 6.07) is -0.926. The average molecular weight is 657 g/mol. The number of fused-ring (bicyclic) bond motifs is 1. The topological polar surface area (TPSA) is 173 Å². The van der Waals surface area contributed by atoms with Crippen molar-refractivity contribution in [3.8, 4) is 0 Å². The number of carbonyl (C=O) groups excluding carboxylic acids is 2. The van der Waals surface area contributed by atoms with E-state index in [1.54, 1.807) is 34.6 Å². The monoisotopic (exact) mass is 656 g/mol. The summed E-state index contributed by atoms with van der Waals surface area (Å²) in [5.74, 6) is -0.251. The number of nitrogens with zero attached hydrogens (tertiary/aromatic N) is 4. The van der Waals surface area contributed by atoms with Crippen LogP contribution < -0.4 is 10.8 Å². The van der Waals surface area contributed by atoms with Crippen molar-refractivity contribution in [2.75, 3.05) is 24.7 Å². The van der Waals surface area contributed by atoms with Crippen LogP contribution in [0.15, 0.2) is 12.7 Å². The Morgan fingerprint density at radius 3 is 2.66 bits per heavy atom. The van der Waals surface area contributed by atoms with Gasteiger partial charge in [0.05, 0.1) is 25.6 Å². The first-order chi connectivity index (χ1) is 19.0. The number of imidazole rings is 1. The number of hydrogen-bond donors (Lipinski definition) is 3. The SMILES string of the molecule is CC(C)OC(=O)[C@H](C)N[P@](=S)(OCCSC(=O)C(C)(C)C)OC[C@H]1O[C@@H](n2cnc3c(N)ncnc32)[C@@](F)(Cl)[C@@H]1O. The molecular weight excluding hydrogens is 622 g/mol. The molecular formula is C23H35ClFN6O7PS2. The van der Waals surface area contributed by atoms with Crippen LogP contribution >= 0.6 is 30.0 Å². The number of nitrogens with one attached hydrogen (secondary N) is 1. The summed E-state index contributed by atoms with van der Waals surface area (Å²) in [6.45, 7) is 6.41. The molecule has 1 aliphatic rings. The van der Waals surface area contributed by atoms with E-state index in [0.29, 0.717) is 0 Å². The number of thioether (sulfide) groups is 1. The molecule has 18 heteroatoms. The second-order valence-electron chi connectivity index (χ2n) is 10.6. The van der Waals surface area contributed by atoms with E-state index in [-0.39, 0.29) is 40.6 Å². The summed E-state index contributed by atoms with van der Waals surface area (Å²) in [7, 11) is 0. The zero-order valence-corrected chi connectivity index (χ0v) is 26.7. The van der Waals surface area contributed by atoms with Crippen LogP contribution in [0.25, 0.3) is 11.2 Å². The third kappa shape index (κ3) is 8.33. The molecule has 0 saturated carbocycles. The summed E-state index contributed by atoms with van der Waals surface area (Å²) >= 11 is 12.8. The van der Waals surface area contributed by atoms with Gasteiger partial charge in [0.2, 0.25) is 0 Å². The molecule has 1 aliphatic heterocycles. The number of anilines is 1. The fraction of sp³-hybridized carbons (Fsp3) is 0.696. The van der Waals surface area contributed by atoms with Crippen molar-refractivity contribution in [3.63, 3.8) is 0 Å². The number of halogens is 2. The normalized spacial score (nSPS) is 25.4. The maximum Gasteiger partial charge on any atom is 0.323 e. The maximum atomic E-state index is 15.6. The molecule has 2 aromatic rings. The first-order valence-electron chi connectivity index (χ1n) is 12.6. The number of esters is 1. The molecule has 41 heavy (non-hydrogen) atoms. The zero-order valence-electron chi connectivity index (χ0n) is 23.4. The molecule has 2 aromatic heterocycles. The molecule has 4 N–H and O–H groups in total. The highest BCUT2D eigenvalue weighted by Gasteiger charge is 2.58. The second kappa shape index (κ2) is 13.4. The van der Waals surface area contributed by atoms with Crippen molar-refractivity contribution in [2.45, 2.75) is 77.3 Å². The zero-order chi connectivity index (χ0) is 30.8. The maximum absolute atomic E-state index is 15.6. The highest BCUT2D eigenvalue weighted by atomic mass is 35.5. The Balaban J connectivity index is 1.74. The molecule has 3 heterocycles. The molecule has 6 atom stereocenters. The van der Waals surface area contributed by atoms with Gasteiger partial charge in [-0.3, -0.25) is 14.2 Å². The number of hydrogen-bond acceptors (Lipinski definition) is 13. The van der Waals surface area contributed by atoms with Gasteiger partial charge in [-0.2, -0.15) is 0 Å². The summed E-state index contributed by atoms with van der Waals surface area (Å²) in [4.78, 5) is 36.7. The van der Waals surface area contributed by atoms with Crippen LogP contribution in [-0.4, -0.2) is 84.2 Å². The van der Waals surface area contributed by atoms with Gasteiger partial charge < -0.3 is 29.4 Å². The van der Waals surface area contributed by atoms with Crippen LogP contribution in [0.1, 0.15) is 47.8 Å². The average Bonchev–Trinajstić information content (AvgIpc) is 3.38. The Morgan fingerprint density at radius 2 is 2.02 bits per heavy atom. The smallest absolute Gasteiger partial charge is 0.323 e. The number of aromatic nitrogens is 4. The van der Waals surface area contributed by atoms with Gasteiger partial charge in [-0.1, -0.05) is 44.1 Å². The van der Waals surface area contributed by atoms with Gasteiger partial charge in [-0.15, -0.1) is 0 Å². The molecule has 230 valence electrons. The number of aliphatic hydroxyl groups is 1. The van der Waals surface area contributed by atoms with Gasteiger partial charge in [0.1, 0.15) is 30.1 Å². The largest absolute Gasteiger partial charge is 0.462 e. The molecule has 1 saturated heterocycles. The molecule has 0 amide bonds. The van der Waals surface area contributed by atoms with Crippen LogP contribution in [0.4, 0.5) is 10.2 Å². The van der Waals surface area contributed by atoms with E-state index in [1.807, 2.05) is 0 Å². The number of nitrogen functional groups attached to an aromatic ring is 1. The van der Waals surface area contributed by atoms with Crippen LogP contribution in [0.2, 0.25) is 0 Å². The fourth-order valence-electron chi connectivity index (χ4n) is 3.56. The van der Waals surface area contributed by atoms with Crippen LogP contribution in [-0.2, 0) is 39.9 Å². The predicted molar refractivity (Wildman–Crippen MR) is 156 cm³/mol. The molecule has 0 unspecified atom stereocenters. The summed E-state index contributed by atoms with van der Waals surface area (Å²) < 4.78 is 39.5. The van der Waals surface area contributed by atoms with Crippen LogP contribution in [0.5, 0.6) is 0 Å². The van der Waals surface area contributed by atoms with E-state index >= 15 is 4.39 Å². The van der Waals surface area contributed by atoms with E-state index in [0.717, 1.165) is 11.8 Å². The minimum atomic E-state index is -3.47. The molecule has 1 fully saturated rings. The van der Waals surface area contributed by atoms with Crippen molar-refractivity contribution >= 4 is 69.9 Å². The Bertz CT molecular complexity index is 1300. The number of ether oxygens (including phenoxy) is 2. The van der Waals surface area contributed by atoms with E-state index in [4.69, 9.17) is 47.7 Å². The first-order valence-corrected chi connectivity index (χ1v) is 16.7. The molecule has 0 bridgehead atoms. The number of nitrogens with two attached hydrogens (primary N) is 1. The van der Waals surface area contributed by atoms with Gasteiger partial charge in [0.25, 0.3) is 11.8 Å². The molecule has 0 radical (unpaired) electrons. The Morgan fingerprint density at radius 1 is 1.34 bits per heavy atom. The van der Waals surface area contributed by atoms with Crippen molar-refractivity contribution in [1.82, 2.24) is 24.6 Å². The Hall–Kier alpha value is -1.49. The van der Waals surface area contributed by atoms with Crippen LogP contribution in [0, 0.1) is 5.41 Å². The lowest BCUT2D eigenvalue weighted by atomic mass is 10.00. The molecule has 3 rings (SSSR count). The molecule has 0 aliphatic carbocycles. The lowest BCUT2D eigenvalue weighted by molar-refractivity contribution is -0.149. The van der Waals surface area contributed by atoms with E-state index in [1.165, 1.54) is 24.1 Å². The van der Waals surface area contributed by atoms with Crippen molar-refractivity contribution in [3.05, 3.63) is 12.7 Å². The third-order valence-corrected chi connectivity index (χ3v) is 9.99. The summed E-state index contributed by atoms with van der Waals surface area (Å²) in [5.41, 5.74) is 5.63. The Kier molecular flexibility index (Phi) is 11.1. The van der Waals surface area contributed by atoms with Crippen LogP contribution in [0.3, 0.4) is 0 Å². The predicted octanol–water partition coefficient (Wildman–Crippen LogP) is 3.06. The number of aliphatic hydroxyl groups excluding tert-OH is 1. The van der Waals surface area contributed by atoms with E-state index < -0.39 is 54.2 Å². The van der Waals surface area contributed by atoms with Gasteiger partial charge in [0, 0.05) is 11.2 Å². The first kappa shape index (κ1) is 34.0. The van der Waals surface area contributed by atoms with Gasteiger partial charge in [0.15, 0.2) is 22.8 Å². The van der Waals surface area contributed by atoms with Crippen molar-refractivity contribution in [1.29, 1.82) is 0 Å². The summed E-state index contributed by atoms with van der Waals surface area (Å²) in [6.07, 6.45) is -2.70. The molecule has 0 aromatic carbocycles. The van der Waals surface area contributed by atoms with Gasteiger partial charge in [-0.25, -0.2) is 24.4 Å². The number of rotatable bonds is 12. The molecule has 0 spiro atoms. The quantitative estimate of drug-likeness (QED) is 0.132.